The second-order valence-electron chi connectivity index (χ2n) is 2.33. The maximum absolute atomic E-state index is 4.18. The van der Waals surface area contributed by atoms with Gasteiger partial charge in [-0.25, -0.2) is 0 Å². The first-order valence-corrected chi connectivity index (χ1v) is 4.27. The molecule has 0 aliphatic carbocycles. The molecule has 0 saturated carbocycles. The highest BCUT2D eigenvalue weighted by atomic mass is 32.2. The number of hydrogen-bond donors (Lipinski definition) is 2. The molecule has 0 N–H and O–H groups in total. The molecule has 1 heterocycles. The SMILES string of the molecule is CC([C](S)S)c1ccccn1. The molecule has 0 bridgehead atoms. The van der Waals surface area contributed by atoms with Gasteiger partial charge >= 0.3 is 0 Å². The van der Waals surface area contributed by atoms with E-state index in [1.54, 1.807) is 6.20 Å². The third-order valence-electron chi connectivity index (χ3n) is 1.52. The molecule has 0 spiro atoms. The van der Waals surface area contributed by atoms with Crippen molar-refractivity contribution in [2.45, 2.75) is 12.8 Å². The minimum absolute atomic E-state index is 0.211. The van der Waals surface area contributed by atoms with Gasteiger partial charge in [0.1, 0.15) is 0 Å². The van der Waals surface area contributed by atoms with E-state index in [1.165, 1.54) is 0 Å². The lowest BCUT2D eigenvalue weighted by molar-refractivity contribution is 0.878. The Morgan fingerprint density at radius 1 is 1.45 bits per heavy atom. The minimum Gasteiger partial charge on any atom is -0.261 e. The maximum Gasteiger partial charge on any atom is 0.0871 e. The predicted molar refractivity (Wildman–Crippen MR) is 53.9 cm³/mol. The normalized spacial score (nSPS) is 13.5. The molecule has 1 rings (SSSR count). The van der Waals surface area contributed by atoms with Crippen LogP contribution in [0.5, 0.6) is 0 Å². The van der Waals surface area contributed by atoms with Crippen LogP contribution in [0.3, 0.4) is 0 Å². The van der Waals surface area contributed by atoms with Crippen LogP contribution in [0, 0.1) is 4.58 Å². The van der Waals surface area contributed by atoms with E-state index < -0.39 is 0 Å². The molecule has 0 aliphatic heterocycles. The van der Waals surface area contributed by atoms with Gasteiger partial charge in [0.15, 0.2) is 0 Å². The summed E-state index contributed by atoms with van der Waals surface area (Å²) in [6, 6.07) is 5.83. The minimum atomic E-state index is 0.211. The molecule has 3 heteroatoms. The summed E-state index contributed by atoms with van der Waals surface area (Å²) < 4.78 is 0.795. The van der Waals surface area contributed by atoms with Crippen molar-refractivity contribution >= 4 is 25.3 Å². The summed E-state index contributed by atoms with van der Waals surface area (Å²) in [5, 5.41) is 0. The Morgan fingerprint density at radius 3 is 2.64 bits per heavy atom. The molecule has 11 heavy (non-hydrogen) atoms. The first-order chi connectivity index (χ1) is 5.22. The van der Waals surface area contributed by atoms with E-state index in [1.807, 2.05) is 25.1 Å². The molecule has 1 aromatic heterocycles. The molecular formula is C8H10NS2. The molecule has 1 aromatic rings. The van der Waals surface area contributed by atoms with E-state index in [0.29, 0.717) is 0 Å². The Labute approximate surface area is 78.1 Å². The third kappa shape index (κ3) is 2.42. The number of rotatable bonds is 2. The molecular weight excluding hydrogens is 174 g/mol. The first kappa shape index (κ1) is 8.94. The Morgan fingerprint density at radius 2 is 2.18 bits per heavy atom. The van der Waals surface area contributed by atoms with Gasteiger partial charge in [-0.2, -0.15) is 25.3 Å². The molecule has 0 aliphatic rings. The lowest BCUT2D eigenvalue weighted by Gasteiger charge is -2.11. The summed E-state index contributed by atoms with van der Waals surface area (Å²) in [4.78, 5) is 4.18. The average molecular weight is 184 g/mol. The molecule has 0 saturated heterocycles. The van der Waals surface area contributed by atoms with Gasteiger partial charge in [0.05, 0.1) is 4.58 Å². The molecule has 1 nitrogen and oxygen atoms in total. The zero-order valence-electron chi connectivity index (χ0n) is 6.23. The smallest absolute Gasteiger partial charge is 0.0871 e. The standard InChI is InChI=1S/C8H10NS2/c1-6(8(10)11)7-4-2-3-5-9-7/h2-6,10-11H,1H3. The van der Waals surface area contributed by atoms with E-state index in [4.69, 9.17) is 0 Å². The highest BCUT2D eigenvalue weighted by Gasteiger charge is 2.12. The zero-order chi connectivity index (χ0) is 8.27. The Balaban J connectivity index is 2.77. The van der Waals surface area contributed by atoms with Gasteiger partial charge in [-0.1, -0.05) is 13.0 Å². The second-order valence-corrected chi connectivity index (χ2v) is 3.65. The fourth-order valence-electron chi connectivity index (χ4n) is 0.764. The van der Waals surface area contributed by atoms with E-state index in [9.17, 15) is 0 Å². The van der Waals surface area contributed by atoms with Crippen LogP contribution in [0.4, 0.5) is 0 Å². The van der Waals surface area contributed by atoms with Gasteiger partial charge in [-0.3, -0.25) is 4.98 Å². The maximum atomic E-state index is 4.18. The highest BCUT2D eigenvalue weighted by molar-refractivity contribution is 8.03. The quantitative estimate of drug-likeness (QED) is 0.674. The molecule has 59 valence electrons. The van der Waals surface area contributed by atoms with Gasteiger partial charge in [-0.05, 0) is 12.1 Å². The molecule has 0 fully saturated rings. The van der Waals surface area contributed by atoms with Gasteiger partial charge < -0.3 is 0 Å². The Hall–Kier alpha value is -0.150. The second kappa shape index (κ2) is 4.02. The predicted octanol–water partition coefficient (Wildman–Crippen LogP) is 2.53. The molecule has 1 unspecified atom stereocenters. The van der Waals surface area contributed by atoms with Crippen molar-refractivity contribution in [1.29, 1.82) is 0 Å². The number of thiol groups is 2. The van der Waals surface area contributed by atoms with Crippen molar-refractivity contribution in [3.8, 4) is 0 Å². The lowest BCUT2D eigenvalue weighted by Crippen LogP contribution is -1.98. The van der Waals surface area contributed by atoms with Crippen LogP contribution in [0.2, 0.25) is 0 Å². The van der Waals surface area contributed by atoms with Crippen molar-refractivity contribution in [2.24, 2.45) is 0 Å². The van der Waals surface area contributed by atoms with Crippen LogP contribution in [0.15, 0.2) is 24.4 Å². The van der Waals surface area contributed by atoms with E-state index in [-0.39, 0.29) is 5.92 Å². The summed E-state index contributed by atoms with van der Waals surface area (Å²) in [5.74, 6) is 0.211. The summed E-state index contributed by atoms with van der Waals surface area (Å²) in [6.07, 6.45) is 1.77. The van der Waals surface area contributed by atoms with E-state index in [2.05, 4.69) is 30.2 Å². The van der Waals surface area contributed by atoms with Crippen molar-refractivity contribution in [3.05, 3.63) is 34.7 Å². The van der Waals surface area contributed by atoms with Crippen molar-refractivity contribution in [3.63, 3.8) is 0 Å². The summed E-state index contributed by atoms with van der Waals surface area (Å²) >= 11 is 8.29. The van der Waals surface area contributed by atoms with Gasteiger partial charge in [-0.15, -0.1) is 0 Å². The van der Waals surface area contributed by atoms with Crippen LogP contribution in [-0.2, 0) is 0 Å². The van der Waals surface area contributed by atoms with Gasteiger partial charge in [0.2, 0.25) is 0 Å². The lowest BCUT2D eigenvalue weighted by atomic mass is 10.1. The van der Waals surface area contributed by atoms with Gasteiger partial charge in [0, 0.05) is 17.8 Å². The van der Waals surface area contributed by atoms with E-state index in [0.717, 1.165) is 10.3 Å². The van der Waals surface area contributed by atoms with Gasteiger partial charge in [0.25, 0.3) is 0 Å². The van der Waals surface area contributed by atoms with Crippen molar-refractivity contribution < 1.29 is 0 Å². The molecule has 1 radical (unpaired) electrons. The molecule has 0 amide bonds. The topological polar surface area (TPSA) is 12.9 Å². The Bertz CT molecular complexity index is 211. The summed E-state index contributed by atoms with van der Waals surface area (Å²) in [6.45, 7) is 2.03. The molecule has 1 atom stereocenters. The number of aromatic nitrogens is 1. The molecule has 0 aromatic carbocycles. The van der Waals surface area contributed by atoms with Crippen LogP contribution >= 0.6 is 25.3 Å². The number of hydrogen-bond acceptors (Lipinski definition) is 3. The fraction of sp³-hybridized carbons (Fsp3) is 0.250. The average Bonchev–Trinajstić information content (AvgIpc) is 2.05. The number of nitrogens with zero attached hydrogens (tertiary/aromatic N) is 1. The zero-order valence-corrected chi connectivity index (χ0v) is 8.02. The highest BCUT2D eigenvalue weighted by Crippen LogP contribution is 2.29. The van der Waals surface area contributed by atoms with Crippen LogP contribution in [0.25, 0.3) is 0 Å². The third-order valence-corrected chi connectivity index (χ3v) is 2.29. The monoisotopic (exact) mass is 184 g/mol. The Kier molecular flexibility index (Phi) is 3.27. The van der Waals surface area contributed by atoms with E-state index >= 15 is 0 Å². The van der Waals surface area contributed by atoms with Crippen molar-refractivity contribution in [1.82, 2.24) is 4.98 Å². The fourth-order valence-corrected chi connectivity index (χ4v) is 1.03. The van der Waals surface area contributed by atoms with Crippen molar-refractivity contribution in [2.75, 3.05) is 0 Å². The van der Waals surface area contributed by atoms with Crippen LogP contribution < -0.4 is 0 Å². The first-order valence-electron chi connectivity index (χ1n) is 3.37. The number of pyridine rings is 1. The van der Waals surface area contributed by atoms with Crippen LogP contribution in [0.1, 0.15) is 18.5 Å². The largest absolute Gasteiger partial charge is 0.261 e. The van der Waals surface area contributed by atoms with Crippen LogP contribution in [-0.4, -0.2) is 4.98 Å². The summed E-state index contributed by atoms with van der Waals surface area (Å²) in [5.41, 5.74) is 1.01. The summed E-state index contributed by atoms with van der Waals surface area (Å²) in [7, 11) is 0.